The van der Waals surface area contributed by atoms with Gasteiger partial charge in [0, 0.05) is 0 Å². The highest BCUT2D eigenvalue weighted by Crippen LogP contribution is 2.02. The molecule has 2 aromatic heterocycles. The largest absolute Gasteiger partial charge is 0.248 e. The molecule has 0 bridgehead atoms. The van der Waals surface area contributed by atoms with Gasteiger partial charge in [-0.1, -0.05) is 35.5 Å². The average Bonchev–Trinajstić information content (AvgIpc) is 3.03. The summed E-state index contributed by atoms with van der Waals surface area (Å²) in [5, 5.41) is 12.2. The third kappa shape index (κ3) is 2.42. The van der Waals surface area contributed by atoms with Gasteiger partial charge in [0.25, 0.3) is 0 Å². The number of hydrogen-bond donors (Lipinski definition) is 0. The molecule has 0 saturated heterocycles. The van der Waals surface area contributed by atoms with Crippen LogP contribution >= 0.6 is 0 Å². The van der Waals surface area contributed by atoms with Gasteiger partial charge in [-0.25, -0.2) is 14.3 Å². The average molecular weight is 240 g/mol. The first kappa shape index (κ1) is 10.6. The first-order valence-electron chi connectivity index (χ1n) is 5.65. The summed E-state index contributed by atoms with van der Waals surface area (Å²) in [6, 6.07) is 10.2. The predicted octanol–water partition coefficient (Wildman–Crippen LogP) is 0.966. The molecule has 0 aliphatic carbocycles. The number of rotatable bonds is 4. The molecule has 0 unspecified atom stereocenters. The van der Waals surface area contributed by atoms with Crippen molar-refractivity contribution in [2.45, 2.75) is 13.1 Å². The molecule has 0 N–H and O–H groups in total. The van der Waals surface area contributed by atoms with Gasteiger partial charge < -0.3 is 0 Å². The Morgan fingerprint density at radius 1 is 1.00 bits per heavy atom. The van der Waals surface area contributed by atoms with Crippen LogP contribution in [0.3, 0.4) is 0 Å². The van der Waals surface area contributed by atoms with Crippen LogP contribution in [0, 0.1) is 0 Å². The van der Waals surface area contributed by atoms with E-state index in [1.807, 2.05) is 29.1 Å². The van der Waals surface area contributed by atoms with Crippen LogP contribution in [0.5, 0.6) is 0 Å². The van der Waals surface area contributed by atoms with Crippen LogP contribution in [0.1, 0.15) is 11.3 Å². The molecule has 90 valence electrons. The molecule has 2 heterocycles. The fraction of sp³-hybridized carbons (Fsp3) is 0.167. The first-order valence-corrected chi connectivity index (χ1v) is 5.65. The summed E-state index contributed by atoms with van der Waals surface area (Å²) in [4.78, 5) is 3.89. The number of aromatic nitrogens is 6. The van der Waals surface area contributed by atoms with E-state index in [-0.39, 0.29) is 0 Å². The molecule has 0 radical (unpaired) electrons. The molecule has 0 fully saturated rings. The van der Waals surface area contributed by atoms with E-state index in [1.54, 1.807) is 11.0 Å². The maximum Gasteiger partial charge on any atom is 0.137 e. The maximum atomic E-state index is 4.11. The van der Waals surface area contributed by atoms with Crippen LogP contribution in [0.25, 0.3) is 0 Å². The number of benzene rings is 1. The number of nitrogens with zero attached hydrogens (tertiary/aromatic N) is 6. The second-order valence-corrected chi connectivity index (χ2v) is 3.99. The molecule has 0 atom stereocenters. The number of hydrogen-bond acceptors (Lipinski definition) is 4. The van der Waals surface area contributed by atoms with Crippen molar-refractivity contribution in [3.8, 4) is 0 Å². The molecule has 0 aliphatic rings. The minimum atomic E-state index is 0.592. The lowest BCUT2D eigenvalue weighted by molar-refractivity contribution is 0.645. The van der Waals surface area contributed by atoms with E-state index in [9.17, 15) is 0 Å². The fourth-order valence-electron chi connectivity index (χ4n) is 1.74. The topological polar surface area (TPSA) is 61.4 Å². The summed E-state index contributed by atoms with van der Waals surface area (Å²) in [5.41, 5.74) is 2.08. The zero-order chi connectivity index (χ0) is 12.2. The highest BCUT2D eigenvalue weighted by atomic mass is 15.4. The van der Waals surface area contributed by atoms with Crippen molar-refractivity contribution in [2.24, 2.45) is 0 Å². The van der Waals surface area contributed by atoms with E-state index in [2.05, 4.69) is 32.5 Å². The zero-order valence-corrected chi connectivity index (χ0v) is 9.72. The van der Waals surface area contributed by atoms with Gasteiger partial charge in [0.05, 0.1) is 19.3 Å². The van der Waals surface area contributed by atoms with Gasteiger partial charge in [-0.05, 0) is 5.56 Å². The van der Waals surface area contributed by atoms with Gasteiger partial charge in [0.1, 0.15) is 18.3 Å². The van der Waals surface area contributed by atoms with Gasteiger partial charge in [-0.15, -0.1) is 5.10 Å². The molecular weight excluding hydrogens is 228 g/mol. The van der Waals surface area contributed by atoms with Gasteiger partial charge >= 0.3 is 0 Å². The Balaban J connectivity index is 1.70. The summed E-state index contributed by atoms with van der Waals surface area (Å²) in [7, 11) is 0. The summed E-state index contributed by atoms with van der Waals surface area (Å²) >= 11 is 0. The Bertz CT molecular complexity index is 599. The van der Waals surface area contributed by atoms with E-state index >= 15 is 0 Å². The minimum absolute atomic E-state index is 0.592. The molecule has 0 saturated carbocycles. The molecule has 6 heteroatoms. The van der Waals surface area contributed by atoms with Crippen molar-refractivity contribution in [2.75, 3.05) is 0 Å². The third-order valence-corrected chi connectivity index (χ3v) is 2.56. The summed E-state index contributed by atoms with van der Waals surface area (Å²) < 4.78 is 3.54. The first-order chi connectivity index (χ1) is 8.90. The van der Waals surface area contributed by atoms with Crippen molar-refractivity contribution < 1.29 is 0 Å². The molecule has 1 aromatic carbocycles. The summed E-state index contributed by atoms with van der Waals surface area (Å²) in [5.74, 6) is 0. The quantitative estimate of drug-likeness (QED) is 0.681. The van der Waals surface area contributed by atoms with E-state index < -0.39 is 0 Å². The van der Waals surface area contributed by atoms with Crippen LogP contribution in [0.2, 0.25) is 0 Å². The molecule has 0 spiro atoms. The van der Waals surface area contributed by atoms with Crippen molar-refractivity contribution >= 4 is 0 Å². The second-order valence-electron chi connectivity index (χ2n) is 3.99. The van der Waals surface area contributed by atoms with Crippen LogP contribution in [0.15, 0.2) is 49.2 Å². The van der Waals surface area contributed by atoms with Crippen LogP contribution in [0.4, 0.5) is 0 Å². The monoisotopic (exact) mass is 240 g/mol. The standard InChI is InChI=1S/C12H12N6/c1-2-4-11(5-3-1)6-17-7-12(15-16-17)8-18-10-13-9-14-18/h1-5,7,9-10H,6,8H2. The molecular formula is C12H12N6. The van der Waals surface area contributed by atoms with E-state index in [0.717, 1.165) is 12.2 Å². The highest BCUT2D eigenvalue weighted by Gasteiger charge is 2.02. The van der Waals surface area contributed by atoms with Gasteiger partial charge in [-0.3, -0.25) is 0 Å². The second kappa shape index (κ2) is 4.79. The SMILES string of the molecule is c1ccc(Cn2cc(Cn3cncn3)nn2)cc1. The molecule has 0 amide bonds. The Hall–Kier alpha value is -2.50. The molecule has 18 heavy (non-hydrogen) atoms. The van der Waals surface area contributed by atoms with Crippen LogP contribution in [-0.4, -0.2) is 29.8 Å². The summed E-state index contributed by atoms with van der Waals surface area (Å²) in [6.45, 7) is 1.32. The van der Waals surface area contributed by atoms with Gasteiger partial charge in [0.15, 0.2) is 0 Å². The zero-order valence-electron chi connectivity index (χ0n) is 9.72. The fourth-order valence-corrected chi connectivity index (χ4v) is 1.74. The molecule has 6 nitrogen and oxygen atoms in total. The normalized spacial score (nSPS) is 10.7. The Morgan fingerprint density at radius 2 is 1.89 bits per heavy atom. The Morgan fingerprint density at radius 3 is 2.67 bits per heavy atom. The Kier molecular flexibility index (Phi) is 2.83. The maximum absolute atomic E-state index is 4.11. The molecule has 3 rings (SSSR count). The lowest BCUT2D eigenvalue weighted by Crippen LogP contribution is -2.00. The van der Waals surface area contributed by atoms with E-state index in [1.165, 1.54) is 11.9 Å². The van der Waals surface area contributed by atoms with Crippen LogP contribution < -0.4 is 0 Å². The highest BCUT2D eigenvalue weighted by molar-refractivity contribution is 5.14. The molecule has 0 aliphatic heterocycles. The smallest absolute Gasteiger partial charge is 0.137 e. The van der Waals surface area contributed by atoms with E-state index in [0.29, 0.717) is 6.54 Å². The van der Waals surface area contributed by atoms with Crippen LogP contribution in [-0.2, 0) is 13.1 Å². The van der Waals surface area contributed by atoms with Crippen molar-refractivity contribution in [3.63, 3.8) is 0 Å². The lowest BCUT2D eigenvalue weighted by Gasteiger charge is -1.99. The van der Waals surface area contributed by atoms with Crippen molar-refractivity contribution in [1.29, 1.82) is 0 Å². The van der Waals surface area contributed by atoms with Gasteiger partial charge in [0.2, 0.25) is 0 Å². The van der Waals surface area contributed by atoms with E-state index in [4.69, 9.17) is 0 Å². The Labute approximate surface area is 104 Å². The van der Waals surface area contributed by atoms with Gasteiger partial charge in [-0.2, -0.15) is 5.10 Å². The summed E-state index contributed by atoms with van der Waals surface area (Å²) in [6.07, 6.45) is 5.10. The third-order valence-electron chi connectivity index (χ3n) is 2.56. The minimum Gasteiger partial charge on any atom is -0.248 e. The predicted molar refractivity (Wildman–Crippen MR) is 64.7 cm³/mol. The van der Waals surface area contributed by atoms with Crippen molar-refractivity contribution in [1.82, 2.24) is 29.8 Å². The lowest BCUT2D eigenvalue weighted by atomic mass is 10.2. The molecule has 3 aromatic rings. The van der Waals surface area contributed by atoms with Crippen molar-refractivity contribution in [3.05, 3.63) is 60.4 Å².